The normalized spacial score (nSPS) is 11.4. The first-order valence-electron chi connectivity index (χ1n) is 7.87. The van der Waals surface area contributed by atoms with Gasteiger partial charge in [-0.3, -0.25) is 4.99 Å². The molecule has 0 bridgehead atoms. The van der Waals surface area contributed by atoms with Gasteiger partial charge in [-0.2, -0.15) is 0 Å². The maximum absolute atomic E-state index is 5.35. The van der Waals surface area contributed by atoms with Crippen molar-refractivity contribution < 1.29 is 9.47 Å². The predicted molar refractivity (Wildman–Crippen MR) is 91.9 cm³/mol. The summed E-state index contributed by atoms with van der Waals surface area (Å²) in [5.74, 6) is 1.77. The van der Waals surface area contributed by atoms with E-state index in [2.05, 4.69) is 40.7 Å². The van der Waals surface area contributed by atoms with Crippen molar-refractivity contribution in [3.63, 3.8) is 0 Å². The lowest BCUT2D eigenvalue weighted by Gasteiger charge is -2.12. The number of methoxy groups -OCH3 is 1. The van der Waals surface area contributed by atoms with Gasteiger partial charge in [0.2, 0.25) is 0 Å². The van der Waals surface area contributed by atoms with Crippen LogP contribution in [0.3, 0.4) is 0 Å². The number of guanidine groups is 1. The Morgan fingerprint density at radius 2 is 2.00 bits per heavy atom. The van der Waals surface area contributed by atoms with Gasteiger partial charge in [0, 0.05) is 33.4 Å². The molecule has 1 aromatic carbocycles. The highest BCUT2D eigenvalue weighted by molar-refractivity contribution is 5.79. The molecule has 0 fully saturated rings. The molecule has 1 rings (SSSR count). The van der Waals surface area contributed by atoms with Crippen LogP contribution in [0, 0.1) is 6.92 Å². The molecule has 0 atom stereocenters. The fourth-order valence-electron chi connectivity index (χ4n) is 2.09. The monoisotopic (exact) mass is 307 g/mol. The van der Waals surface area contributed by atoms with Crippen molar-refractivity contribution in [2.75, 3.05) is 40.5 Å². The van der Waals surface area contributed by atoms with Gasteiger partial charge in [-0.25, -0.2) is 0 Å². The molecule has 0 aromatic heterocycles. The summed E-state index contributed by atoms with van der Waals surface area (Å²) in [5, 5.41) is 6.60. The number of rotatable bonds is 9. The number of hydrogen-bond donors (Lipinski definition) is 2. The number of hydrogen-bond acceptors (Lipinski definition) is 3. The van der Waals surface area contributed by atoms with Gasteiger partial charge >= 0.3 is 0 Å². The minimum absolute atomic E-state index is 0.771. The molecule has 5 nitrogen and oxygen atoms in total. The van der Waals surface area contributed by atoms with Gasteiger partial charge in [-0.05, 0) is 43.9 Å². The summed E-state index contributed by atoms with van der Waals surface area (Å²) in [7, 11) is 3.49. The third-order valence-electron chi connectivity index (χ3n) is 3.36. The molecule has 0 heterocycles. The van der Waals surface area contributed by atoms with Crippen molar-refractivity contribution in [3.8, 4) is 5.75 Å². The number of ether oxygens (including phenoxy) is 2. The average molecular weight is 307 g/mol. The molecular weight excluding hydrogens is 278 g/mol. The fraction of sp³-hybridized carbons (Fsp3) is 0.588. The SMILES string of the molecule is CCOCCCNC(=NC)NCCc1ccc(C)c(OC)c1. The molecular formula is C17H29N3O2. The Kier molecular flexibility index (Phi) is 9.07. The largest absolute Gasteiger partial charge is 0.496 e. The second kappa shape index (κ2) is 10.9. The van der Waals surface area contributed by atoms with Crippen molar-refractivity contribution in [3.05, 3.63) is 29.3 Å². The third kappa shape index (κ3) is 6.80. The van der Waals surface area contributed by atoms with Crippen LogP contribution in [0.25, 0.3) is 0 Å². The topological polar surface area (TPSA) is 54.9 Å². The van der Waals surface area contributed by atoms with E-state index >= 15 is 0 Å². The summed E-state index contributed by atoms with van der Waals surface area (Å²) in [6, 6.07) is 6.32. The van der Waals surface area contributed by atoms with Gasteiger partial charge in [0.15, 0.2) is 5.96 Å². The highest BCUT2D eigenvalue weighted by Gasteiger charge is 2.01. The van der Waals surface area contributed by atoms with E-state index in [0.29, 0.717) is 0 Å². The van der Waals surface area contributed by atoms with Crippen LogP contribution < -0.4 is 15.4 Å². The van der Waals surface area contributed by atoms with Crippen LogP contribution in [0.1, 0.15) is 24.5 Å². The number of nitrogens with zero attached hydrogens (tertiary/aromatic N) is 1. The molecule has 0 aliphatic carbocycles. The first kappa shape index (κ1) is 18.3. The third-order valence-corrected chi connectivity index (χ3v) is 3.36. The zero-order valence-electron chi connectivity index (χ0n) is 14.2. The molecule has 124 valence electrons. The van der Waals surface area contributed by atoms with Gasteiger partial charge < -0.3 is 20.1 Å². The van der Waals surface area contributed by atoms with Crippen LogP contribution >= 0.6 is 0 Å². The molecule has 0 spiro atoms. The summed E-state index contributed by atoms with van der Waals surface area (Å²) in [5.41, 5.74) is 2.41. The summed E-state index contributed by atoms with van der Waals surface area (Å²) in [4.78, 5) is 4.21. The fourth-order valence-corrected chi connectivity index (χ4v) is 2.09. The van der Waals surface area contributed by atoms with E-state index in [1.54, 1.807) is 14.2 Å². The Bertz CT molecular complexity index is 461. The Balaban J connectivity index is 2.29. The highest BCUT2D eigenvalue weighted by Crippen LogP contribution is 2.18. The first-order valence-corrected chi connectivity index (χ1v) is 7.87. The van der Waals surface area contributed by atoms with Crippen molar-refractivity contribution >= 4 is 5.96 Å². The zero-order valence-corrected chi connectivity index (χ0v) is 14.2. The van der Waals surface area contributed by atoms with Gasteiger partial charge in [0.25, 0.3) is 0 Å². The molecule has 0 radical (unpaired) electrons. The van der Waals surface area contributed by atoms with Crippen molar-refractivity contribution in [1.29, 1.82) is 0 Å². The number of aliphatic imine (C=N–C) groups is 1. The predicted octanol–water partition coefficient (Wildman–Crippen LogP) is 2.14. The molecule has 0 aliphatic heterocycles. The maximum atomic E-state index is 5.35. The smallest absolute Gasteiger partial charge is 0.190 e. The lowest BCUT2D eigenvalue weighted by Crippen LogP contribution is -2.39. The van der Waals surface area contributed by atoms with E-state index in [1.165, 1.54) is 5.56 Å². The lowest BCUT2D eigenvalue weighted by atomic mass is 10.1. The minimum atomic E-state index is 0.771. The minimum Gasteiger partial charge on any atom is -0.496 e. The second-order valence-corrected chi connectivity index (χ2v) is 5.03. The van der Waals surface area contributed by atoms with E-state index in [9.17, 15) is 0 Å². The van der Waals surface area contributed by atoms with Crippen molar-refractivity contribution in [2.45, 2.75) is 26.7 Å². The van der Waals surface area contributed by atoms with Gasteiger partial charge in [-0.1, -0.05) is 12.1 Å². The van der Waals surface area contributed by atoms with Crippen molar-refractivity contribution in [2.24, 2.45) is 4.99 Å². The van der Waals surface area contributed by atoms with Crippen molar-refractivity contribution in [1.82, 2.24) is 10.6 Å². The van der Waals surface area contributed by atoms with Crippen LogP contribution in [-0.2, 0) is 11.2 Å². The number of aryl methyl sites for hydroxylation is 1. The molecule has 0 saturated carbocycles. The molecule has 0 amide bonds. The van der Waals surface area contributed by atoms with E-state index < -0.39 is 0 Å². The maximum Gasteiger partial charge on any atom is 0.190 e. The Hall–Kier alpha value is -1.75. The van der Waals surface area contributed by atoms with E-state index in [1.807, 2.05) is 6.92 Å². The summed E-state index contributed by atoms with van der Waals surface area (Å²) in [6.07, 6.45) is 1.90. The Labute approximate surface area is 134 Å². The molecule has 22 heavy (non-hydrogen) atoms. The van der Waals surface area contributed by atoms with Crippen LogP contribution in [-0.4, -0.2) is 46.4 Å². The molecule has 2 N–H and O–H groups in total. The van der Waals surface area contributed by atoms with Crippen LogP contribution in [0.2, 0.25) is 0 Å². The van der Waals surface area contributed by atoms with Gasteiger partial charge in [0.05, 0.1) is 7.11 Å². The van der Waals surface area contributed by atoms with Crippen LogP contribution in [0.4, 0.5) is 0 Å². The van der Waals surface area contributed by atoms with E-state index in [-0.39, 0.29) is 0 Å². The second-order valence-electron chi connectivity index (χ2n) is 5.03. The standard InChI is InChI=1S/C17H29N3O2/c1-5-22-12-6-10-19-17(18-3)20-11-9-15-8-7-14(2)16(13-15)21-4/h7-8,13H,5-6,9-12H2,1-4H3,(H2,18,19,20). The molecule has 5 heteroatoms. The molecule has 1 aromatic rings. The first-order chi connectivity index (χ1) is 10.7. The van der Waals surface area contributed by atoms with Crippen LogP contribution in [0.5, 0.6) is 5.75 Å². The molecule has 0 unspecified atom stereocenters. The van der Waals surface area contributed by atoms with Crippen LogP contribution in [0.15, 0.2) is 23.2 Å². The summed E-state index contributed by atoms with van der Waals surface area (Å²) < 4.78 is 10.7. The number of benzene rings is 1. The number of nitrogens with one attached hydrogen (secondary N) is 2. The lowest BCUT2D eigenvalue weighted by molar-refractivity contribution is 0.145. The van der Waals surface area contributed by atoms with E-state index in [0.717, 1.165) is 56.4 Å². The van der Waals surface area contributed by atoms with Gasteiger partial charge in [-0.15, -0.1) is 0 Å². The summed E-state index contributed by atoms with van der Waals surface area (Å²) >= 11 is 0. The Morgan fingerprint density at radius 3 is 2.68 bits per heavy atom. The zero-order chi connectivity index (χ0) is 16.2. The van der Waals surface area contributed by atoms with Gasteiger partial charge in [0.1, 0.15) is 5.75 Å². The van der Waals surface area contributed by atoms with E-state index in [4.69, 9.17) is 9.47 Å². The molecule has 0 aliphatic rings. The Morgan fingerprint density at radius 1 is 1.23 bits per heavy atom. The average Bonchev–Trinajstić information content (AvgIpc) is 2.54. The summed E-state index contributed by atoms with van der Waals surface area (Å²) in [6.45, 7) is 7.30. The highest BCUT2D eigenvalue weighted by atomic mass is 16.5. The quantitative estimate of drug-likeness (QED) is 0.417. The molecule has 0 saturated heterocycles.